The molecule has 3 unspecified atom stereocenters. The van der Waals surface area contributed by atoms with Gasteiger partial charge in [0.25, 0.3) is 0 Å². The molecule has 1 saturated heterocycles. The van der Waals surface area contributed by atoms with Gasteiger partial charge in [0.15, 0.2) is 0 Å². The SMILES string of the molecule is CCC(C)C=CCCCCN1C(CC)CCSC1NC(C)=O. The number of hydrogen-bond acceptors (Lipinski definition) is 3. The van der Waals surface area contributed by atoms with Gasteiger partial charge in [-0.25, -0.2) is 0 Å². The van der Waals surface area contributed by atoms with E-state index < -0.39 is 0 Å². The molecule has 1 amide bonds. The van der Waals surface area contributed by atoms with Crippen molar-refractivity contribution in [3.63, 3.8) is 0 Å². The number of allylic oxidation sites excluding steroid dienone is 2. The summed E-state index contributed by atoms with van der Waals surface area (Å²) in [7, 11) is 0. The van der Waals surface area contributed by atoms with Crippen LogP contribution in [0.4, 0.5) is 0 Å². The highest BCUT2D eigenvalue weighted by molar-refractivity contribution is 7.99. The fourth-order valence-electron chi connectivity index (χ4n) is 2.83. The van der Waals surface area contributed by atoms with Crippen molar-refractivity contribution in [1.29, 1.82) is 0 Å². The number of nitrogens with one attached hydrogen (secondary N) is 1. The third kappa shape index (κ3) is 7.19. The van der Waals surface area contributed by atoms with Crippen molar-refractivity contribution < 1.29 is 4.79 Å². The highest BCUT2D eigenvalue weighted by atomic mass is 32.2. The van der Waals surface area contributed by atoms with Crippen molar-refractivity contribution in [3.8, 4) is 0 Å². The van der Waals surface area contributed by atoms with Crippen LogP contribution >= 0.6 is 11.8 Å². The number of unbranched alkanes of at least 4 members (excludes halogenated alkanes) is 2. The Balaban J connectivity index is 2.37. The van der Waals surface area contributed by atoms with Crippen LogP contribution < -0.4 is 5.32 Å². The zero-order valence-corrected chi connectivity index (χ0v) is 15.6. The van der Waals surface area contributed by atoms with Crippen LogP contribution in [0.25, 0.3) is 0 Å². The van der Waals surface area contributed by atoms with Gasteiger partial charge in [0.1, 0.15) is 5.50 Å². The highest BCUT2D eigenvalue weighted by Crippen LogP contribution is 2.28. The second-order valence-electron chi connectivity index (χ2n) is 6.32. The summed E-state index contributed by atoms with van der Waals surface area (Å²) >= 11 is 1.87. The summed E-state index contributed by atoms with van der Waals surface area (Å²) in [6, 6.07) is 0.619. The van der Waals surface area contributed by atoms with E-state index in [1.54, 1.807) is 6.92 Å². The second kappa shape index (κ2) is 11.1. The zero-order valence-electron chi connectivity index (χ0n) is 14.8. The van der Waals surface area contributed by atoms with Gasteiger partial charge in [0.2, 0.25) is 5.91 Å². The minimum Gasteiger partial charge on any atom is -0.332 e. The molecule has 1 rings (SSSR count). The standard InChI is InChI=1S/C18H34N2OS/c1-5-15(3)11-9-7-8-10-13-20-17(6-2)12-14-22-18(20)19-16(4)21/h9,11,15,17-18H,5-8,10,12-14H2,1-4H3,(H,19,21). The number of carbonyl (C=O) groups excluding carboxylic acids is 1. The molecule has 0 aromatic rings. The van der Waals surface area contributed by atoms with Crippen LogP contribution in [0.5, 0.6) is 0 Å². The molecule has 0 bridgehead atoms. The van der Waals surface area contributed by atoms with Crippen molar-refractivity contribution >= 4 is 17.7 Å². The van der Waals surface area contributed by atoms with E-state index in [0.717, 1.165) is 12.3 Å². The van der Waals surface area contributed by atoms with Gasteiger partial charge in [-0.15, -0.1) is 11.8 Å². The Bertz CT molecular complexity index is 346. The number of nitrogens with zero attached hydrogens (tertiary/aromatic N) is 1. The molecule has 1 heterocycles. The van der Waals surface area contributed by atoms with Gasteiger partial charge in [-0.3, -0.25) is 9.69 Å². The Morgan fingerprint density at radius 1 is 1.41 bits per heavy atom. The first-order valence-electron chi connectivity index (χ1n) is 8.89. The lowest BCUT2D eigenvalue weighted by molar-refractivity contribution is -0.120. The molecule has 1 N–H and O–H groups in total. The van der Waals surface area contributed by atoms with E-state index in [2.05, 4.69) is 43.1 Å². The largest absolute Gasteiger partial charge is 0.332 e. The van der Waals surface area contributed by atoms with Crippen molar-refractivity contribution in [2.24, 2.45) is 5.92 Å². The second-order valence-corrected chi connectivity index (χ2v) is 7.51. The minimum absolute atomic E-state index is 0.0794. The van der Waals surface area contributed by atoms with Gasteiger partial charge in [0, 0.05) is 19.5 Å². The van der Waals surface area contributed by atoms with Gasteiger partial charge >= 0.3 is 0 Å². The van der Waals surface area contributed by atoms with Gasteiger partial charge in [-0.1, -0.05) is 39.3 Å². The molecule has 0 aromatic carbocycles. The number of thioether (sulfide) groups is 1. The molecule has 1 aliphatic rings. The van der Waals surface area contributed by atoms with Crippen LogP contribution in [0, 0.1) is 5.92 Å². The van der Waals surface area contributed by atoms with Crippen molar-refractivity contribution in [2.75, 3.05) is 12.3 Å². The van der Waals surface area contributed by atoms with Crippen LogP contribution in [0.2, 0.25) is 0 Å². The van der Waals surface area contributed by atoms with Crippen LogP contribution in [-0.2, 0) is 4.79 Å². The lowest BCUT2D eigenvalue weighted by Gasteiger charge is -2.41. The van der Waals surface area contributed by atoms with E-state index in [9.17, 15) is 4.79 Å². The third-order valence-electron chi connectivity index (χ3n) is 4.44. The molecule has 0 aliphatic carbocycles. The first kappa shape index (κ1) is 19.6. The normalized spacial score (nSPS) is 24.5. The van der Waals surface area contributed by atoms with Crippen LogP contribution in [0.1, 0.15) is 66.2 Å². The molecule has 1 aliphatic heterocycles. The minimum atomic E-state index is 0.0794. The third-order valence-corrected chi connectivity index (χ3v) is 5.62. The molecule has 4 heteroatoms. The Hall–Kier alpha value is -0.480. The number of amides is 1. The molecule has 0 radical (unpaired) electrons. The molecule has 0 spiro atoms. The summed E-state index contributed by atoms with van der Waals surface area (Å²) in [6.07, 6.45) is 11.9. The summed E-state index contributed by atoms with van der Waals surface area (Å²) in [5.74, 6) is 1.93. The molecular formula is C18H34N2OS. The highest BCUT2D eigenvalue weighted by Gasteiger charge is 2.29. The zero-order chi connectivity index (χ0) is 16.4. The fraction of sp³-hybridized carbons (Fsp3) is 0.833. The average Bonchev–Trinajstić information content (AvgIpc) is 2.50. The molecule has 1 fully saturated rings. The maximum Gasteiger partial charge on any atom is 0.218 e. The van der Waals surface area contributed by atoms with E-state index in [4.69, 9.17) is 0 Å². The van der Waals surface area contributed by atoms with Crippen molar-refractivity contribution in [2.45, 2.75) is 77.8 Å². The van der Waals surface area contributed by atoms with E-state index in [-0.39, 0.29) is 11.4 Å². The fourth-order valence-corrected chi connectivity index (χ4v) is 4.18. The Morgan fingerprint density at radius 2 is 2.18 bits per heavy atom. The predicted molar refractivity (Wildman–Crippen MR) is 97.9 cm³/mol. The number of carbonyl (C=O) groups is 1. The quantitative estimate of drug-likeness (QED) is 0.503. The monoisotopic (exact) mass is 326 g/mol. The number of hydrogen-bond donors (Lipinski definition) is 1. The topological polar surface area (TPSA) is 32.3 Å². The Labute approximate surface area is 141 Å². The number of rotatable bonds is 9. The Kier molecular flexibility index (Phi) is 9.89. The van der Waals surface area contributed by atoms with E-state index in [1.807, 2.05) is 11.8 Å². The molecule has 3 nitrogen and oxygen atoms in total. The summed E-state index contributed by atoms with van der Waals surface area (Å²) in [5.41, 5.74) is 0.173. The molecular weight excluding hydrogens is 292 g/mol. The first-order chi connectivity index (χ1) is 10.6. The molecule has 22 heavy (non-hydrogen) atoms. The van der Waals surface area contributed by atoms with Gasteiger partial charge in [0.05, 0.1) is 0 Å². The smallest absolute Gasteiger partial charge is 0.218 e. The lowest BCUT2D eigenvalue weighted by atomic mass is 10.1. The Morgan fingerprint density at radius 3 is 2.82 bits per heavy atom. The van der Waals surface area contributed by atoms with E-state index in [1.165, 1.54) is 38.5 Å². The maximum absolute atomic E-state index is 11.4. The first-order valence-corrected chi connectivity index (χ1v) is 9.94. The maximum atomic E-state index is 11.4. The molecule has 0 saturated carbocycles. The van der Waals surface area contributed by atoms with Gasteiger partial charge in [-0.2, -0.15) is 0 Å². The summed E-state index contributed by atoms with van der Waals surface area (Å²) in [4.78, 5) is 13.9. The van der Waals surface area contributed by atoms with Crippen LogP contribution in [0.3, 0.4) is 0 Å². The van der Waals surface area contributed by atoms with Crippen molar-refractivity contribution in [1.82, 2.24) is 10.2 Å². The van der Waals surface area contributed by atoms with Crippen LogP contribution in [-0.4, -0.2) is 34.6 Å². The van der Waals surface area contributed by atoms with Gasteiger partial charge < -0.3 is 5.32 Å². The van der Waals surface area contributed by atoms with Crippen molar-refractivity contribution in [3.05, 3.63) is 12.2 Å². The summed E-state index contributed by atoms with van der Waals surface area (Å²) < 4.78 is 0. The van der Waals surface area contributed by atoms with Gasteiger partial charge in [-0.05, 0) is 43.8 Å². The average molecular weight is 327 g/mol. The van der Waals surface area contributed by atoms with Crippen LogP contribution in [0.15, 0.2) is 12.2 Å². The molecule has 128 valence electrons. The summed E-state index contributed by atoms with van der Waals surface area (Å²) in [6.45, 7) is 9.47. The molecule has 3 atom stereocenters. The summed E-state index contributed by atoms with van der Waals surface area (Å²) in [5, 5.41) is 3.11. The van der Waals surface area contributed by atoms with E-state index in [0.29, 0.717) is 12.0 Å². The van der Waals surface area contributed by atoms with E-state index >= 15 is 0 Å². The predicted octanol–water partition coefficient (Wildman–Crippen LogP) is 4.40. The lowest BCUT2D eigenvalue weighted by Crippen LogP contribution is -2.53. The molecule has 0 aromatic heterocycles.